The molecule has 0 saturated carbocycles. The molecule has 17 heavy (non-hydrogen) atoms. The number of para-hydroxylation sites is 1. The minimum atomic E-state index is -0.0820. The summed E-state index contributed by atoms with van der Waals surface area (Å²) < 4.78 is 5.69. The van der Waals surface area contributed by atoms with Crippen LogP contribution in [0.1, 0.15) is 38.5 Å². The summed E-state index contributed by atoms with van der Waals surface area (Å²) >= 11 is 0. The second kappa shape index (κ2) is 5.04. The number of fused-ring (bicyclic) bond motifs is 1. The topological polar surface area (TPSA) is 42.2 Å². The van der Waals surface area contributed by atoms with Crippen molar-refractivity contribution >= 4 is 16.9 Å². The quantitative estimate of drug-likeness (QED) is 0.876. The summed E-state index contributed by atoms with van der Waals surface area (Å²) in [5.41, 5.74) is 0.860. The van der Waals surface area contributed by atoms with Crippen molar-refractivity contribution in [3.63, 3.8) is 0 Å². The molecule has 0 saturated heterocycles. The van der Waals surface area contributed by atoms with Crippen LogP contribution in [0.15, 0.2) is 34.7 Å². The van der Waals surface area contributed by atoms with E-state index in [1.807, 2.05) is 44.2 Å². The van der Waals surface area contributed by atoms with Crippen LogP contribution in [0.4, 0.5) is 0 Å². The Morgan fingerprint density at radius 2 is 2.18 bits per heavy atom. The van der Waals surface area contributed by atoms with Crippen LogP contribution in [0.3, 0.4) is 0 Å². The van der Waals surface area contributed by atoms with E-state index in [1.54, 1.807) is 0 Å². The second-order valence-corrected chi connectivity index (χ2v) is 4.23. The molecular formula is C14H17NO2. The molecule has 1 heterocycles. The summed E-state index contributed by atoms with van der Waals surface area (Å²) in [4.78, 5) is 11.5. The van der Waals surface area contributed by atoms with Gasteiger partial charge in [0.1, 0.15) is 11.3 Å². The molecule has 0 bridgehead atoms. The van der Waals surface area contributed by atoms with E-state index in [2.05, 4.69) is 5.32 Å². The highest BCUT2D eigenvalue weighted by atomic mass is 16.3. The summed E-state index contributed by atoms with van der Waals surface area (Å²) in [7, 11) is 0. The Bertz CT molecular complexity index is 483. The van der Waals surface area contributed by atoms with Crippen LogP contribution in [0, 0.1) is 0 Å². The Morgan fingerprint density at radius 3 is 2.88 bits per heavy atom. The predicted octanol–water partition coefficient (Wildman–Crippen LogP) is 3.41. The molecule has 2 rings (SSSR count). The fourth-order valence-electron chi connectivity index (χ4n) is 1.83. The maximum absolute atomic E-state index is 11.5. The van der Waals surface area contributed by atoms with Crippen LogP contribution in [0.5, 0.6) is 0 Å². The van der Waals surface area contributed by atoms with Gasteiger partial charge in [0.05, 0.1) is 6.04 Å². The van der Waals surface area contributed by atoms with E-state index in [0.29, 0.717) is 6.42 Å². The average molecular weight is 231 g/mol. The Balaban J connectivity index is 2.13. The van der Waals surface area contributed by atoms with Gasteiger partial charge in [0, 0.05) is 11.8 Å². The lowest BCUT2D eigenvalue weighted by molar-refractivity contribution is -0.121. The summed E-state index contributed by atoms with van der Waals surface area (Å²) in [5, 5.41) is 3.99. The predicted molar refractivity (Wildman–Crippen MR) is 67.7 cm³/mol. The Kier molecular flexibility index (Phi) is 3.47. The number of furan rings is 1. The van der Waals surface area contributed by atoms with Gasteiger partial charge in [-0.25, -0.2) is 0 Å². The van der Waals surface area contributed by atoms with Crippen LogP contribution in [0.2, 0.25) is 0 Å². The van der Waals surface area contributed by atoms with Crippen molar-refractivity contribution in [2.45, 2.75) is 32.7 Å². The van der Waals surface area contributed by atoms with Gasteiger partial charge >= 0.3 is 0 Å². The van der Waals surface area contributed by atoms with E-state index in [-0.39, 0.29) is 11.9 Å². The number of carbonyl (C=O) groups is 1. The first-order valence-corrected chi connectivity index (χ1v) is 5.98. The van der Waals surface area contributed by atoms with Crippen molar-refractivity contribution in [1.82, 2.24) is 5.32 Å². The molecule has 0 spiro atoms. The van der Waals surface area contributed by atoms with E-state index in [9.17, 15) is 4.79 Å². The lowest BCUT2D eigenvalue weighted by Crippen LogP contribution is -2.25. The van der Waals surface area contributed by atoms with Crippen molar-refractivity contribution in [1.29, 1.82) is 0 Å². The summed E-state index contributed by atoms with van der Waals surface area (Å²) in [6, 6.07) is 9.74. The Morgan fingerprint density at radius 1 is 1.41 bits per heavy atom. The lowest BCUT2D eigenvalue weighted by atomic mass is 10.2. The Labute approximate surface area is 101 Å². The zero-order valence-electron chi connectivity index (χ0n) is 10.2. The molecule has 0 aliphatic carbocycles. The third-order valence-corrected chi connectivity index (χ3v) is 2.73. The summed E-state index contributed by atoms with van der Waals surface area (Å²) in [6.07, 6.45) is 1.42. The normalized spacial score (nSPS) is 12.6. The number of nitrogens with one attached hydrogen (secondary N) is 1. The van der Waals surface area contributed by atoms with E-state index >= 15 is 0 Å². The van der Waals surface area contributed by atoms with Crippen molar-refractivity contribution in [2.24, 2.45) is 0 Å². The van der Waals surface area contributed by atoms with Gasteiger partial charge in [-0.3, -0.25) is 4.79 Å². The van der Waals surface area contributed by atoms with Crippen LogP contribution in [-0.2, 0) is 4.79 Å². The molecule has 0 fully saturated rings. The minimum Gasteiger partial charge on any atom is -0.459 e. The number of carbonyl (C=O) groups excluding carboxylic acids is 1. The van der Waals surface area contributed by atoms with Gasteiger partial charge in [-0.05, 0) is 25.5 Å². The molecule has 2 aromatic rings. The number of rotatable bonds is 4. The van der Waals surface area contributed by atoms with Gasteiger partial charge in [0.2, 0.25) is 5.91 Å². The number of amides is 1. The van der Waals surface area contributed by atoms with Gasteiger partial charge < -0.3 is 9.73 Å². The number of benzene rings is 1. The highest BCUT2D eigenvalue weighted by Gasteiger charge is 2.13. The molecule has 3 nitrogen and oxygen atoms in total. The standard InChI is InChI=1S/C14H17NO2/c1-3-6-14(16)15-10(2)13-9-11-7-4-5-8-12(11)17-13/h4-5,7-10H,3,6H2,1-2H3,(H,15,16)/t10-/m0/s1. The van der Waals surface area contributed by atoms with Gasteiger partial charge in [0.25, 0.3) is 0 Å². The van der Waals surface area contributed by atoms with Gasteiger partial charge in [-0.1, -0.05) is 25.1 Å². The van der Waals surface area contributed by atoms with Gasteiger partial charge in [0.15, 0.2) is 0 Å². The maximum atomic E-state index is 11.5. The molecular weight excluding hydrogens is 214 g/mol. The molecule has 1 amide bonds. The van der Waals surface area contributed by atoms with Gasteiger partial charge in [-0.15, -0.1) is 0 Å². The van der Waals surface area contributed by atoms with Crippen LogP contribution in [-0.4, -0.2) is 5.91 Å². The van der Waals surface area contributed by atoms with Crippen molar-refractivity contribution in [2.75, 3.05) is 0 Å². The first-order valence-electron chi connectivity index (χ1n) is 5.98. The van der Waals surface area contributed by atoms with E-state index in [0.717, 1.165) is 23.2 Å². The number of hydrogen-bond donors (Lipinski definition) is 1. The highest BCUT2D eigenvalue weighted by molar-refractivity contribution is 5.79. The first kappa shape index (κ1) is 11.7. The van der Waals surface area contributed by atoms with Crippen LogP contribution < -0.4 is 5.32 Å². The average Bonchev–Trinajstić information content (AvgIpc) is 2.72. The highest BCUT2D eigenvalue weighted by Crippen LogP contribution is 2.23. The van der Waals surface area contributed by atoms with Crippen LogP contribution >= 0.6 is 0 Å². The molecule has 0 radical (unpaired) electrons. The molecule has 0 aliphatic heterocycles. The SMILES string of the molecule is CCCC(=O)N[C@@H](C)c1cc2ccccc2o1. The molecule has 1 atom stereocenters. The molecule has 1 aromatic carbocycles. The minimum absolute atomic E-state index is 0.0699. The molecule has 3 heteroatoms. The van der Waals surface area contributed by atoms with E-state index in [1.165, 1.54) is 0 Å². The maximum Gasteiger partial charge on any atom is 0.220 e. The monoisotopic (exact) mass is 231 g/mol. The van der Waals surface area contributed by atoms with Crippen molar-refractivity contribution in [3.05, 3.63) is 36.1 Å². The van der Waals surface area contributed by atoms with E-state index in [4.69, 9.17) is 4.42 Å². The zero-order chi connectivity index (χ0) is 12.3. The first-order chi connectivity index (χ1) is 8.20. The molecule has 1 N–H and O–H groups in total. The second-order valence-electron chi connectivity index (χ2n) is 4.23. The Hall–Kier alpha value is -1.77. The number of hydrogen-bond acceptors (Lipinski definition) is 2. The fraction of sp³-hybridized carbons (Fsp3) is 0.357. The van der Waals surface area contributed by atoms with E-state index < -0.39 is 0 Å². The molecule has 1 aromatic heterocycles. The smallest absolute Gasteiger partial charge is 0.220 e. The third-order valence-electron chi connectivity index (χ3n) is 2.73. The summed E-state index contributed by atoms with van der Waals surface area (Å²) in [6.45, 7) is 3.93. The molecule has 0 unspecified atom stereocenters. The largest absolute Gasteiger partial charge is 0.459 e. The molecule has 90 valence electrons. The van der Waals surface area contributed by atoms with Crippen molar-refractivity contribution in [3.8, 4) is 0 Å². The fourth-order valence-corrected chi connectivity index (χ4v) is 1.83. The van der Waals surface area contributed by atoms with Crippen molar-refractivity contribution < 1.29 is 9.21 Å². The third kappa shape index (κ3) is 2.67. The zero-order valence-corrected chi connectivity index (χ0v) is 10.2. The summed E-state index contributed by atoms with van der Waals surface area (Å²) in [5.74, 6) is 0.871. The lowest BCUT2D eigenvalue weighted by Gasteiger charge is -2.10. The van der Waals surface area contributed by atoms with Gasteiger partial charge in [-0.2, -0.15) is 0 Å². The molecule has 0 aliphatic rings. The van der Waals surface area contributed by atoms with Crippen LogP contribution in [0.25, 0.3) is 11.0 Å².